The van der Waals surface area contributed by atoms with Gasteiger partial charge in [-0.25, -0.2) is 19.6 Å². The van der Waals surface area contributed by atoms with Crippen LogP contribution in [0, 0.1) is 11.8 Å². The standard InChI is InChI=1S/C24H26N6O2S2/c31-21(29-23-27-17-8-1-3-10-19(17)33-23)25-13-15-6-5-7-16(12-15)14-26-22(32)30-24-28-18-9-2-4-11-20(18)34-24/h1-4,8-11,15-16H,5-7,12-14H2,(H2,25,27,29,31)(H2,26,28,30,32). The molecular weight excluding hydrogens is 468 g/mol. The second-order valence-electron chi connectivity index (χ2n) is 8.54. The Morgan fingerprint density at radius 1 is 0.765 bits per heavy atom. The van der Waals surface area contributed by atoms with E-state index in [4.69, 9.17) is 0 Å². The van der Waals surface area contributed by atoms with Gasteiger partial charge in [-0.1, -0.05) is 53.4 Å². The molecule has 2 heterocycles. The van der Waals surface area contributed by atoms with Gasteiger partial charge in [0.2, 0.25) is 0 Å². The number of carbonyl (C=O) groups excluding carboxylic acids is 2. The molecule has 0 radical (unpaired) electrons. The minimum absolute atomic E-state index is 0.227. The molecule has 2 aromatic carbocycles. The van der Waals surface area contributed by atoms with Crippen molar-refractivity contribution in [3.8, 4) is 0 Å². The molecule has 0 saturated heterocycles. The summed E-state index contributed by atoms with van der Waals surface area (Å²) in [5, 5.41) is 12.9. The van der Waals surface area contributed by atoms with Crippen molar-refractivity contribution in [2.24, 2.45) is 11.8 Å². The highest BCUT2D eigenvalue weighted by atomic mass is 32.1. The van der Waals surface area contributed by atoms with E-state index in [2.05, 4.69) is 31.2 Å². The lowest BCUT2D eigenvalue weighted by Crippen LogP contribution is -2.38. The van der Waals surface area contributed by atoms with E-state index in [1.807, 2.05) is 48.5 Å². The molecule has 10 heteroatoms. The van der Waals surface area contributed by atoms with Crippen molar-refractivity contribution in [3.63, 3.8) is 0 Å². The molecule has 1 fully saturated rings. The maximum Gasteiger partial charge on any atom is 0.321 e. The number of anilines is 2. The van der Waals surface area contributed by atoms with Gasteiger partial charge in [-0.05, 0) is 55.4 Å². The van der Waals surface area contributed by atoms with Crippen molar-refractivity contribution in [1.82, 2.24) is 20.6 Å². The van der Waals surface area contributed by atoms with Crippen LogP contribution in [0.15, 0.2) is 48.5 Å². The maximum absolute atomic E-state index is 12.3. The summed E-state index contributed by atoms with van der Waals surface area (Å²) in [5.41, 5.74) is 1.77. The molecule has 176 valence electrons. The third kappa shape index (κ3) is 5.63. The topological polar surface area (TPSA) is 108 Å². The van der Waals surface area contributed by atoms with Crippen molar-refractivity contribution in [2.75, 3.05) is 23.7 Å². The second-order valence-corrected chi connectivity index (χ2v) is 10.6. The minimum Gasteiger partial charge on any atom is -0.338 e. The van der Waals surface area contributed by atoms with Crippen LogP contribution in [0.25, 0.3) is 20.4 Å². The van der Waals surface area contributed by atoms with Crippen molar-refractivity contribution >= 4 is 65.4 Å². The Balaban J connectivity index is 1.04. The van der Waals surface area contributed by atoms with E-state index in [-0.39, 0.29) is 12.1 Å². The van der Waals surface area contributed by atoms with E-state index < -0.39 is 0 Å². The van der Waals surface area contributed by atoms with E-state index in [9.17, 15) is 9.59 Å². The van der Waals surface area contributed by atoms with Crippen LogP contribution in [0.1, 0.15) is 25.7 Å². The largest absolute Gasteiger partial charge is 0.338 e. The Hall–Kier alpha value is -3.24. The van der Waals surface area contributed by atoms with Crippen LogP contribution in [0.5, 0.6) is 0 Å². The molecule has 0 aliphatic heterocycles. The average Bonchev–Trinajstić information content (AvgIpc) is 3.44. The van der Waals surface area contributed by atoms with Gasteiger partial charge >= 0.3 is 12.1 Å². The molecule has 0 bridgehead atoms. The zero-order valence-corrected chi connectivity index (χ0v) is 20.2. The lowest BCUT2D eigenvalue weighted by atomic mass is 9.81. The van der Waals surface area contributed by atoms with Crippen molar-refractivity contribution < 1.29 is 9.59 Å². The number of rotatable bonds is 6. The highest BCUT2D eigenvalue weighted by Gasteiger charge is 2.23. The molecule has 4 N–H and O–H groups in total. The molecule has 1 saturated carbocycles. The monoisotopic (exact) mass is 494 g/mol. The summed E-state index contributed by atoms with van der Waals surface area (Å²) < 4.78 is 2.10. The maximum atomic E-state index is 12.3. The molecule has 5 rings (SSSR count). The third-order valence-electron chi connectivity index (χ3n) is 6.02. The molecular formula is C24H26N6O2S2. The van der Waals surface area contributed by atoms with Crippen molar-refractivity contribution in [2.45, 2.75) is 25.7 Å². The number of fused-ring (bicyclic) bond motifs is 2. The zero-order valence-electron chi connectivity index (χ0n) is 18.5. The summed E-state index contributed by atoms with van der Waals surface area (Å²) in [6, 6.07) is 15.2. The van der Waals surface area contributed by atoms with Crippen LogP contribution in [-0.4, -0.2) is 35.1 Å². The number of nitrogens with zero attached hydrogens (tertiary/aromatic N) is 2. The molecule has 4 amide bonds. The van der Waals surface area contributed by atoms with Gasteiger partial charge in [-0.3, -0.25) is 10.6 Å². The number of nitrogens with one attached hydrogen (secondary N) is 4. The SMILES string of the molecule is O=C(NCC1CCCC(CNC(=O)Nc2nc3ccccc3s2)C1)Nc1nc2ccccc2s1. The third-order valence-corrected chi connectivity index (χ3v) is 7.93. The Labute approximate surface area is 205 Å². The zero-order chi connectivity index (χ0) is 23.3. The van der Waals surface area contributed by atoms with Gasteiger partial charge < -0.3 is 10.6 Å². The minimum atomic E-state index is -0.227. The van der Waals surface area contributed by atoms with E-state index in [1.165, 1.54) is 22.7 Å². The predicted octanol–water partition coefficient (Wildman–Crippen LogP) is 5.66. The Morgan fingerprint density at radius 3 is 1.71 bits per heavy atom. The van der Waals surface area contributed by atoms with E-state index in [1.54, 1.807) is 0 Å². The quantitative estimate of drug-likeness (QED) is 0.277. The van der Waals surface area contributed by atoms with Crippen molar-refractivity contribution in [3.05, 3.63) is 48.5 Å². The summed E-state index contributed by atoms with van der Waals surface area (Å²) in [6.07, 6.45) is 4.23. The number of hydrogen-bond donors (Lipinski definition) is 4. The number of thiazole rings is 2. The summed E-state index contributed by atoms with van der Waals surface area (Å²) in [4.78, 5) is 33.6. The van der Waals surface area contributed by atoms with Crippen LogP contribution in [0.3, 0.4) is 0 Å². The van der Waals surface area contributed by atoms with Gasteiger partial charge in [0, 0.05) is 13.1 Å². The molecule has 34 heavy (non-hydrogen) atoms. The fourth-order valence-electron chi connectivity index (χ4n) is 4.38. The van der Waals surface area contributed by atoms with Crippen LogP contribution in [-0.2, 0) is 0 Å². The number of para-hydroxylation sites is 2. The van der Waals surface area contributed by atoms with Gasteiger partial charge in [0.05, 0.1) is 20.4 Å². The second kappa shape index (κ2) is 10.4. The fourth-order valence-corrected chi connectivity index (χ4v) is 6.10. The predicted molar refractivity (Wildman–Crippen MR) is 139 cm³/mol. The molecule has 4 aromatic rings. The fraction of sp³-hybridized carbons (Fsp3) is 0.333. The van der Waals surface area contributed by atoms with Gasteiger partial charge in [0.25, 0.3) is 0 Å². The number of amides is 4. The molecule has 1 aliphatic rings. The first-order valence-corrected chi connectivity index (χ1v) is 13.1. The smallest absolute Gasteiger partial charge is 0.321 e. The molecule has 8 nitrogen and oxygen atoms in total. The molecule has 2 atom stereocenters. The Kier molecular flexibility index (Phi) is 6.87. The van der Waals surface area contributed by atoms with Crippen LogP contribution < -0.4 is 21.3 Å². The van der Waals surface area contributed by atoms with Crippen LogP contribution in [0.4, 0.5) is 19.9 Å². The Bertz CT molecular complexity index is 1140. The lowest BCUT2D eigenvalue weighted by Gasteiger charge is -2.29. The lowest BCUT2D eigenvalue weighted by molar-refractivity contribution is 0.230. The van der Waals surface area contributed by atoms with Gasteiger partial charge in [-0.2, -0.15) is 0 Å². The number of benzene rings is 2. The van der Waals surface area contributed by atoms with Crippen molar-refractivity contribution in [1.29, 1.82) is 0 Å². The normalized spacial score (nSPS) is 18.0. The molecule has 2 aromatic heterocycles. The Morgan fingerprint density at radius 2 is 1.24 bits per heavy atom. The van der Waals surface area contributed by atoms with Gasteiger partial charge in [0.15, 0.2) is 10.3 Å². The summed E-state index contributed by atoms with van der Waals surface area (Å²) in [5.74, 6) is 0.794. The molecule has 0 spiro atoms. The number of carbonyl (C=O) groups is 2. The van der Waals surface area contributed by atoms with E-state index >= 15 is 0 Å². The first kappa shape index (κ1) is 22.5. The summed E-state index contributed by atoms with van der Waals surface area (Å²) in [6.45, 7) is 1.23. The highest BCUT2D eigenvalue weighted by molar-refractivity contribution is 7.22. The number of urea groups is 2. The molecule has 1 aliphatic carbocycles. The average molecular weight is 495 g/mol. The van der Waals surface area contributed by atoms with Gasteiger partial charge in [-0.15, -0.1) is 0 Å². The van der Waals surface area contributed by atoms with Crippen LogP contribution >= 0.6 is 22.7 Å². The summed E-state index contributed by atoms with van der Waals surface area (Å²) in [7, 11) is 0. The summed E-state index contributed by atoms with van der Waals surface area (Å²) >= 11 is 2.93. The first-order chi connectivity index (χ1) is 16.6. The first-order valence-electron chi connectivity index (χ1n) is 11.4. The van der Waals surface area contributed by atoms with E-state index in [0.717, 1.165) is 46.1 Å². The van der Waals surface area contributed by atoms with E-state index in [0.29, 0.717) is 35.2 Å². The highest BCUT2D eigenvalue weighted by Crippen LogP contribution is 2.29. The van der Waals surface area contributed by atoms with Gasteiger partial charge in [0.1, 0.15) is 0 Å². The number of hydrogen-bond acceptors (Lipinski definition) is 6. The molecule has 2 unspecified atom stereocenters. The van der Waals surface area contributed by atoms with Crippen LogP contribution in [0.2, 0.25) is 0 Å². The number of aromatic nitrogens is 2.